The van der Waals surface area contributed by atoms with Crippen LogP contribution in [-0.2, 0) is 17.4 Å². The molecule has 1 atom stereocenters. The first kappa shape index (κ1) is 24.2. The zero-order valence-corrected chi connectivity index (χ0v) is 20.5. The van der Waals surface area contributed by atoms with Crippen LogP contribution < -0.4 is 19.9 Å². The molecule has 2 aromatic rings. The molecule has 9 nitrogen and oxygen atoms in total. The number of alkyl halides is 3. The van der Waals surface area contributed by atoms with Gasteiger partial charge in [-0.15, -0.1) is 0 Å². The summed E-state index contributed by atoms with van der Waals surface area (Å²) in [5.74, 6) is 1.78. The summed E-state index contributed by atoms with van der Waals surface area (Å²) in [7, 11) is 1.76. The molecule has 4 aliphatic rings. The Morgan fingerprint density at radius 1 is 1.19 bits per heavy atom. The molecule has 0 aromatic carbocycles. The van der Waals surface area contributed by atoms with Crippen molar-refractivity contribution in [3.8, 4) is 5.75 Å². The lowest BCUT2D eigenvalue weighted by molar-refractivity contribution is -0.141. The molecule has 2 fully saturated rings. The van der Waals surface area contributed by atoms with Gasteiger partial charge in [-0.3, -0.25) is 4.79 Å². The number of halogens is 3. The zero-order valence-electron chi connectivity index (χ0n) is 20.5. The maximum Gasteiger partial charge on any atom is 0.433 e. The average Bonchev–Trinajstić information content (AvgIpc) is 3.69. The molecule has 12 heteroatoms. The van der Waals surface area contributed by atoms with Crippen molar-refractivity contribution >= 4 is 23.4 Å². The average molecular weight is 519 g/mol. The molecule has 0 bridgehead atoms. The molecule has 2 aliphatic carbocycles. The van der Waals surface area contributed by atoms with E-state index in [1.165, 1.54) is 6.07 Å². The second-order valence-electron chi connectivity index (χ2n) is 10.4. The lowest BCUT2D eigenvalue weighted by Gasteiger charge is -2.42. The Labute approximate surface area is 212 Å². The van der Waals surface area contributed by atoms with Gasteiger partial charge in [-0.05, 0) is 56.6 Å². The van der Waals surface area contributed by atoms with Crippen LogP contribution in [0.15, 0.2) is 12.1 Å². The highest BCUT2D eigenvalue weighted by atomic mass is 19.4. The van der Waals surface area contributed by atoms with Crippen LogP contribution in [0.3, 0.4) is 0 Å². The Morgan fingerprint density at radius 2 is 1.97 bits per heavy atom. The minimum Gasteiger partial charge on any atom is -0.491 e. The van der Waals surface area contributed by atoms with Gasteiger partial charge in [0.25, 0.3) is 5.91 Å². The minimum absolute atomic E-state index is 0.0464. The van der Waals surface area contributed by atoms with Crippen LogP contribution in [0.2, 0.25) is 0 Å². The number of carbonyl (C=O) groups is 1. The molecule has 0 spiro atoms. The van der Waals surface area contributed by atoms with E-state index in [1.807, 2.05) is 0 Å². The maximum atomic E-state index is 13.1. The largest absolute Gasteiger partial charge is 0.491 e. The summed E-state index contributed by atoms with van der Waals surface area (Å²) >= 11 is 0. The number of hydrogen-bond donors (Lipinski definition) is 2. The highest BCUT2D eigenvalue weighted by Gasteiger charge is 2.41. The van der Waals surface area contributed by atoms with Crippen molar-refractivity contribution in [1.29, 1.82) is 0 Å². The first-order chi connectivity index (χ1) is 17.7. The number of likely N-dealkylation sites (N-methyl/N-ethyl adjacent to an activating group) is 1. The van der Waals surface area contributed by atoms with E-state index < -0.39 is 17.9 Å². The van der Waals surface area contributed by atoms with Gasteiger partial charge in [0.1, 0.15) is 23.2 Å². The number of pyridine rings is 1. The Balaban J connectivity index is 1.09. The second kappa shape index (κ2) is 9.00. The van der Waals surface area contributed by atoms with Crippen molar-refractivity contribution in [2.75, 3.05) is 41.9 Å². The summed E-state index contributed by atoms with van der Waals surface area (Å²) in [4.78, 5) is 29.4. The van der Waals surface area contributed by atoms with Crippen molar-refractivity contribution in [2.45, 2.75) is 62.7 Å². The van der Waals surface area contributed by atoms with Crippen LogP contribution >= 0.6 is 0 Å². The third-order valence-electron chi connectivity index (χ3n) is 7.71. The van der Waals surface area contributed by atoms with Crippen molar-refractivity contribution in [3.63, 3.8) is 0 Å². The van der Waals surface area contributed by atoms with Crippen molar-refractivity contribution in [1.82, 2.24) is 15.0 Å². The quantitative estimate of drug-likeness (QED) is 0.577. The summed E-state index contributed by atoms with van der Waals surface area (Å²) in [6.45, 7) is 0.731. The van der Waals surface area contributed by atoms with Gasteiger partial charge >= 0.3 is 6.18 Å². The predicted molar refractivity (Wildman–Crippen MR) is 129 cm³/mol. The van der Waals surface area contributed by atoms with Crippen LogP contribution in [0.5, 0.6) is 5.75 Å². The molecule has 2 N–H and O–H groups in total. The number of ether oxygens (including phenoxy) is 1. The fourth-order valence-corrected chi connectivity index (χ4v) is 5.45. The third-order valence-corrected chi connectivity index (χ3v) is 7.71. The molecule has 198 valence electrons. The van der Waals surface area contributed by atoms with Crippen LogP contribution in [0.1, 0.15) is 55.1 Å². The van der Waals surface area contributed by atoms with E-state index in [0.717, 1.165) is 56.0 Å². The number of anilines is 3. The Kier molecular flexibility index (Phi) is 5.89. The van der Waals surface area contributed by atoms with Gasteiger partial charge < -0.3 is 25.0 Å². The molecule has 2 aliphatic heterocycles. The Morgan fingerprint density at radius 3 is 2.68 bits per heavy atom. The van der Waals surface area contributed by atoms with Gasteiger partial charge in [-0.25, -0.2) is 9.97 Å². The number of aryl methyl sites for hydroxylation is 1. The number of nitrogens with one attached hydrogen (secondary N) is 1. The number of carbonyl (C=O) groups excluding carboxylic acids is 1. The molecule has 1 amide bonds. The van der Waals surface area contributed by atoms with Gasteiger partial charge in [0.2, 0.25) is 5.95 Å². The van der Waals surface area contributed by atoms with E-state index >= 15 is 0 Å². The molecule has 1 unspecified atom stereocenters. The predicted octanol–water partition coefficient (Wildman–Crippen LogP) is 3.13. The molecule has 4 heterocycles. The number of aromatic nitrogens is 3. The standard InChI is InChI=1S/C25H29F3N6O3/c1-33-17(11-35)23(36)34-8-2-3-16-21(34)22(33)32-24(30-16)29-15-9-13(10-15)12-37-18-6-7-19(25(26,27)28)31-20(18)14-4-5-14/h6-7,13-15,17,35H,2-5,8-12H2,1H3,(H,29,30,32). The number of amides is 1. The van der Waals surface area contributed by atoms with E-state index in [2.05, 4.69) is 10.3 Å². The fourth-order valence-electron chi connectivity index (χ4n) is 5.45. The van der Waals surface area contributed by atoms with Crippen molar-refractivity contribution < 1.29 is 27.8 Å². The number of hydrogen-bond acceptors (Lipinski definition) is 8. The zero-order chi connectivity index (χ0) is 25.9. The smallest absolute Gasteiger partial charge is 0.433 e. The van der Waals surface area contributed by atoms with Crippen LogP contribution in [0.4, 0.5) is 30.6 Å². The maximum absolute atomic E-state index is 13.1. The van der Waals surface area contributed by atoms with E-state index in [0.29, 0.717) is 36.4 Å². The lowest BCUT2D eigenvalue weighted by atomic mass is 9.81. The van der Waals surface area contributed by atoms with Crippen molar-refractivity contribution in [2.24, 2.45) is 5.92 Å². The molecule has 2 saturated carbocycles. The number of aliphatic hydroxyl groups excluding tert-OH is 1. The summed E-state index contributed by atoms with van der Waals surface area (Å²) < 4.78 is 45.1. The van der Waals surface area contributed by atoms with Gasteiger partial charge in [-0.1, -0.05) is 0 Å². The summed E-state index contributed by atoms with van der Waals surface area (Å²) in [5, 5.41) is 13.2. The molecule has 6 rings (SSSR count). The number of rotatable bonds is 7. The number of nitrogens with zero attached hydrogens (tertiary/aromatic N) is 5. The normalized spacial score (nSPS) is 25.0. The monoisotopic (exact) mass is 518 g/mol. The van der Waals surface area contributed by atoms with E-state index in [9.17, 15) is 23.1 Å². The van der Waals surface area contributed by atoms with Crippen LogP contribution in [0, 0.1) is 5.92 Å². The molecule has 0 radical (unpaired) electrons. The highest BCUT2D eigenvalue weighted by molar-refractivity contribution is 6.05. The van der Waals surface area contributed by atoms with Crippen LogP contribution in [-0.4, -0.2) is 64.9 Å². The van der Waals surface area contributed by atoms with Gasteiger partial charge in [0.05, 0.1) is 24.6 Å². The summed E-state index contributed by atoms with van der Waals surface area (Å²) in [5.41, 5.74) is 1.11. The minimum atomic E-state index is -4.46. The molecule has 0 saturated heterocycles. The van der Waals surface area contributed by atoms with Crippen LogP contribution in [0.25, 0.3) is 0 Å². The first-order valence-electron chi connectivity index (χ1n) is 12.8. The highest BCUT2D eigenvalue weighted by Crippen LogP contribution is 2.45. The first-order valence-corrected chi connectivity index (χ1v) is 12.8. The topological polar surface area (TPSA) is 104 Å². The van der Waals surface area contributed by atoms with E-state index in [4.69, 9.17) is 14.7 Å². The Hall–Kier alpha value is -3.15. The van der Waals surface area contributed by atoms with E-state index in [1.54, 1.807) is 16.8 Å². The van der Waals surface area contributed by atoms with Gasteiger partial charge in [-0.2, -0.15) is 18.2 Å². The van der Waals surface area contributed by atoms with Gasteiger partial charge in [0, 0.05) is 25.6 Å². The third kappa shape index (κ3) is 4.45. The molecular weight excluding hydrogens is 489 g/mol. The Bertz CT molecular complexity index is 1210. The van der Waals surface area contributed by atoms with Gasteiger partial charge in [0.15, 0.2) is 5.82 Å². The summed E-state index contributed by atoms with van der Waals surface area (Å²) in [6, 6.07) is 1.87. The second-order valence-corrected chi connectivity index (χ2v) is 10.4. The molecule has 37 heavy (non-hydrogen) atoms. The summed E-state index contributed by atoms with van der Waals surface area (Å²) in [6.07, 6.45) is 0.415. The number of aliphatic hydroxyl groups is 1. The van der Waals surface area contributed by atoms with E-state index in [-0.39, 0.29) is 30.4 Å². The SMILES string of the molecule is CN1c2nc(NC3CC(COc4ccc(C(F)(F)F)nc4C4CC4)C3)nc3c2N(CCC3)C(=O)C1CO. The lowest BCUT2D eigenvalue weighted by Crippen LogP contribution is -2.55. The fraction of sp³-hybridized carbons (Fsp3) is 0.600. The van der Waals surface area contributed by atoms with Crippen molar-refractivity contribution in [3.05, 3.63) is 29.2 Å². The molecule has 2 aromatic heterocycles. The molecular formula is C25H29F3N6O3.